The topological polar surface area (TPSA) is 33.7 Å². The van der Waals surface area contributed by atoms with E-state index in [-0.39, 0.29) is 0 Å². The van der Waals surface area contributed by atoms with Crippen molar-refractivity contribution in [2.75, 3.05) is 40.5 Å². The molecule has 1 aromatic carbocycles. The molecule has 0 aliphatic heterocycles. The van der Waals surface area contributed by atoms with Gasteiger partial charge in [-0.1, -0.05) is 25.1 Å². The molecule has 1 aliphatic rings. The van der Waals surface area contributed by atoms with Gasteiger partial charge in [0.1, 0.15) is 5.75 Å². The van der Waals surface area contributed by atoms with Crippen LogP contribution in [-0.4, -0.2) is 51.4 Å². The zero-order valence-corrected chi connectivity index (χ0v) is 13.5. The third kappa shape index (κ3) is 4.70. The number of benzene rings is 1. The number of nitrogens with zero attached hydrogens (tertiary/aromatic N) is 1. The Morgan fingerprint density at radius 1 is 1.29 bits per heavy atom. The Morgan fingerprint density at radius 2 is 2.05 bits per heavy atom. The van der Waals surface area contributed by atoms with Gasteiger partial charge in [-0.3, -0.25) is 4.90 Å². The standard InChI is InChI=1S/C17H28N2O2/c1-4-18-16(15-7-5-6-8-17(15)21-3)13-19(11-12-20-2)14-9-10-14/h5-8,14,16,18H,4,9-13H2,1-3H3. The lowest BCUT2D eigenvalue weighted by molar-refractivity contribution is 0.136. The molecule has 1 fully saturated rings. The molecule has 0 heterocycles. The first-order valence-electron chi connectivity index (χ1n) is 7.89. The Kier molecular flexibility index (Phi) is 6.49. The van der Waals surface area contributed by atoms with Crippen molar-refractivity contribution in [1.29, 1.82) is 0 Å². The number of hydrogen-bond donors (Lipinski definition) is 1. The Balaban J connectivity index is 2.09. The average molecular weight is 292 g/mol. The third-order valence-corrected chi connectivity index (χ3v) is 4.03. The summed E-state index contributed by atoms with van der Waals surface area (Å²) >= 11 is 0. The van der Waals surface area contributed by atoms with Crippen molar-refractivity contribution in [3.63, 3.8) is 0 Å². The molecular weight excluding hydrogens is 264 g/mol. The van der Waals surface area contributed by atoms with Gasteiger partial charge in [-0.15, -0.1) is 0 Å². The molecular formula is C17H28N2O2. The number of nitrogens with one attached hydrogen (secondary N) is 1. The van der Waals surface area contributed by atoms with Crippen LogP contribution in [0.4, 0.5) is 0 Å². The quantitative estimate of drug-likeness (QED) is 0.718. The van der Waals surface area contributed by atoms with E-state index in [1.165, 1.54) is 18.4 Å². The van der Waals surface area contributed by atoms with E-state index in [0.717, 1.165) is 38.0 Å². The van der Waals surface area contributed by atoms with Crippen LogP contribution in [0.1, 0.15) is 31.4 Å². The molecule has 4 nitrogen and oxygen atoms in total. The van der Waals surface area contributed by atoms with Gasteiger partial charge in [-0.2, -0.15) is 0 Å². The Morgan fingerprint density at radius 3 is 2.67 bits per heavy atom. The highest BCUT2D eigenvalue weighted by atomic mass is 16.5. The highest BCUT2D eigenvalue weighted by Crippen LogP contribution is 2.31. The first kappa shape index (κ1) is 16.3. The van der Waals surface area contributed by atoms with Crippen LogP contribution in [0, 0.1) is 0 Å². The summed E-state index contributed by atoms with van der Waals surface area (Å²) in [6.07, 6.45) is 2.63. The second-order valence-electron chi connectivity index (χ2n) is 5.57. The van der Waals surface area contributed by atoms with Crippen molar-refractivity contribution in [3.8, 4) is 5.75 Å². The average Bonchev–Trinajstić information content (AvgIpc) is 3.35. The summed E-state index contributed by atoms with van der Waals surface area (Å²) in [5.74, 6) is 0.964. The number of hydrogen-bond acceptors (Lipinski definition) is 4. The predicted octanol–water partition coefficient (Wildman–Crippen LogP) is 2.46. The van der Waals surface area contributed by atoms with Crippen LogP contribution in [0.15, 0.2) is 24.3 Å². The Labute approximate surface area is 128 Å². The molecule has 2 rings (SSSR count). The normalized spacial score (nSPS) is 16.2. The van der Waals surface area contributed by atoms with Gasteiger partial charge in [0.25, 0.3) is 0 Å². The minimum atomic E-state index is 0.295. The molecule has 1 saturated carbocycles. The highest BCUT2D eigenvalue weighted by molar-refractivity contribution is 5.36. The highest BCUT2D eigenvalue weighted by Gasteiger charge is 2.31. The van der Waals surface area contributed by atoms with E-state index < -0.39 is 0 Å². The fourth-order valence-electron chi connectivity index (χ4n) is 2.78. The molecule has 0 aromatic heterocycles. The SMILES string of the molecule is CCNC(CN(CCOC)C1CC1)c1ccccc1OC. The molecule has 1 aliphatic carbocycles. The van der Waals surface area contributed by atoms with Gasteiger partial charge in [0.2, 0.25) is 0 Å². The van der Waals surface area contributed by atoms with Crippen molar-refractivity contribution in [2.24, 2.45) is 0 Å². The minimum absolute atomic E-state index is 0.295. The van der Waals surface area contributed by atoms with Crippen molar-refractivity contribution in [3.05, 3.63) is 29.8 Å². The fourth-order valence-corrected chi connectivity index (χ4v) is 2.78. The number of para-hydroxylation sites is 1. The second kappa shape index (κ2) is 8.37. The predicted molar refractivity (Wildman–Crippen MR) is 85.9 cm³/mol. The molecule has 118 valence electrons. The van der Waals surface area contributed by atoms with Crippen LogP contribution in [-0.2, 0) is 4.74 Å². The maximum atomic E-state index is 5.53. The number of methoxy groups -OCH3 is 2. The van der Waals surface area contributed by atoms with Crippen LogP contribution in [0.2, 0.25) is 0 Å². The maximum absolute atomic E-state index is 5.53. The van der Waals surface area contributed by atoms with Gasteiger partial charge in [0, 0.05) is 37.8 Å². The molecule has 1 aromatic rings. The lowest BCUT2D eigenvalue weighted by atomic mass is 10.0. The number of rotatable bonds is 10. The molecule has 0 saturated heterocycles. The number of likely N-dealkylation sites (N-methyl/N-ethyl adjacent to an activating group) is 1. The van der Waals surface area contributed by atoms with Crippen LogP contribution < -0.4 is 10.1 Å². The fraction of sp³-hybridized carbons (Fsp3) is 0.647. The molecule has 0 radical (unpaired) electrons. The van der Waals surface area contributed by atoms with Gasteiger partial charge in [0.15, 0.2) is 0 Å². The Hall–Kier alpha value is -1.10. The molecule has 1 N–H and O–H groups in total. The monoisotopic (exact) mass is 292 g/mol. The zero-order valence-electron chi connectivity index (χ0n) is 13.5. The molecule has 1 unspecified atom stereocenters. The van der Waals surface area contributed by atoms with E-state index in [1.54, 1.807) is 14.2 Å². The molecule has 0 bridgehead atoms. The van der Waals surface area contributed by atoms with E-state index in [4.69, 9.17) is 9.47 Å². The van der Waals surface area contributed by atoms with Crippen LogP contribution >= 0.6 is 0 Å². The summed E-state index contributed by atoms with van der Waals surface area (Å²) in [6, 6.07) is 9.33. The van der Waals surface area contributed by atoms with Gasteiger partial charge in [-0.05, 0) is 25.5 Å². The van der Waals surface area contributed by atoms with Gasteiger partial charge in [0.05, 0.1) is 13.7 Å². The van der Waals surface area contributed by atoms with E-state index in [9.17, 15) is 0 Å². The lowest BCUT2D eigenvalue weighted by Crippen LogP contribution is -2.38. The van der Waals surface area contributed by atoms with Crippen molar-refractivity contribution in [2.45, 2.75) is 31.8 Å². The van der Waals surface area contributed by atoms with Crippen LogP contribution in [0.5, 0.6) is 5.75 Å². The van der Waals surface area contributed by atoms with E-state index >= 15 is 0 Å². The maximum Gasteiger partial charge on any atom is 0.123 e. The largest absolute Gasteiger partial charge is 0.496 e. The van der Waals surface area contributed by atoms with Gasteiger partial charge < -0.3 is 14.8 Å². The summed E-state index contributed by atoms with van der Waals surface area (Å²) in [4.78, 5) is 2.54. The lowest BCUT2D eigenvalue weighted by Gasteiger charge is -2.29. The molecule has 0 spiro atoms. The summed E-state index contributed by atoms with van der Waals surface area (Å²) in [5, 5.41) is 3.60. The molecule has 21 heavy (non-hydrogen) atoms. The molecule has 0 amide bonds. The van der Waals surface area contributed by atoms with Gasteiger partial charge >= 0.3 is 0 Å². The van der Waals surface area contributed by atoms with Crippen molar-refractivity contribution < 1.29 is 9.47 Å². The smallest absolute Gasteiger partial charge is 0.123 e. The summed E-state index contributed by atoms with van der Waals surface area (Å²) < 4.78 is 10.8. The van der Waals surface area contributed by atoms with E-state index in [1.807, 2.05) is 12.1 Å². The van der Waals surface area contributed by atoms with E-state index in [2.05, 4.69) is 29.3 Å². The summed E-state index contributed by atoms with van der Waals surface area (Å²) in [5.41, 5.74) is 1.24. The second-order valence-corrected chi connectivity index (χ2v) is 5.57. The third-order valence-electron chi connectivity index (χ3n) is 4.03. The summed E-state index contributed by atoms with van der Waals surface area (Å²) in [7, 11) is 3.51. The molecule has 1 atom stereocenters. The number of ether oxygens (including phenoxy) is 2. The first-order chi connectivity index (χ1) is 10.3. The van der Waals surface area contributed by atoms with Crippen molar-refractivity contribution in [1.82, 2.24) is 10.2 Å². The Bertz CT molecular complexity index is 421. The van der Waals surface area contributed by atoms with Gasteiger partial charge in [-0.25, -0.2) is 0 Å². The molecule has 4 heteroatoms. The van der Waals surface area contributed by atoms with Crippen LogP contribution in [0.3, 0.4) is 0 Å². The zero-order chi connectivity index (χ0) is 15.1. The minimum Gasteiger partial charge on any atom is -0.496 e. The van der Waals surface area contributed by atoms with E-state index in [0.29, 0.717) is 6.04 Å². The first-order valence-corrected chi connectivity index (χ1v) is 7.89. The van der Waals surface area contributed by atoms with Crippen molar-refractivity contribution >= 4 is 0 Å². The van der Waals surface area contributed by atoms with Crippen LogP contribution in [0.25, 0.3) is 0 Å². The summed E-state index contributed by atoms with van der Waals surface area (Å²) in [6.45, 7) is 5.90.